The fourth-order valence-corrected chi connectivity index (χ4v) is 2.57. The first-order valence-corrected chi connectivity index (χ1v) is 6.61. The van der Waals surface area contributed by atoms with E-state index < -0.39 is 11.9 Å². The molecule has 0 aliphatic heterocycles. The van der Waals surface area contributed by atoms with Crippen molar-refractivity contribution in [3.63, 3.8) is 0 Å². The molecule has 104 valence electrons. The van der Waals surface area contributed by atoms with Gasteiger partial charge in [-0.15, -0.1) is 0 Å². The molecule has 18 heavy (non-hydrogen) atoms. The van der Waals surface area contributed by atoms with Gasteiger partial charge >= 0.3 is 5.97 Å². The number of hydrogen-bond acceptors (Lipinski definition) is 3. The van der Waals surface area contributed by atoms with E-state index in [1.807, 2.05) is 19.0 Å². The Bertz CT molecular complexity index is 305. The number of nitrogens with one attached hydrogen (secondary N) is 1. The summed E-state index contributed by atoms with van der Waals surface area (Å²) in [6.07, 6.45) is 2.30. The molecule has 5 heteroatoms. The average Bonchev–Trinajstić information content (AvgIpc) is 2.72. The maximum atomic E-state index is 12.0. The van der Waals surface area contributed by atoms with Crippen LogP contribution in [-0.2, 0) is 9.59 Å². The third-order valence-corrected chi connectivity index (χ3v) is 3.75. The van der Waals surface area contributed by atoms with Crippen molar-refractivity contribution in [3.8, 4) is 0 Å². The van der Waals surface area contributed by atoms with Crippen molar-refractivity contribution >= 4 is 11.9 Å². The van der Waals surface area contributed by atoms with Gasteiger partial charge in [-0.2, -0.15) is 0 Å². The van der Waals surface area contributed by atoms with Crippen LogP contribution >= 0.6 is 0 Å². The zero-order valence-corrected chi connectivity index (χ0v) is 11.5. The van der Waals surface area contributed by atoms with Crippen molar-refractivity contribution in [2.24, 2.45) is 17.8 Å². The van der Waals surface area contributed by atoms with E-state index in [-0.39, 0.29) is 11.8 Å². The number of amides is 1. The summed E-state index contributed by atoms with van der Waals surface area (Å²) in [5.41, 5.74) is 0. The van der Waals surface area contributed by atoms with Crippen LogP contribution < -0.4 is 5.32 Å². The molecule has 1 amide bonds. The van der Waals surface area contributed by atoms with E-state index in [4.69, 9.17) is 0 Å². The summed E-state index contributed by atoms with van der Waals surface area (Å²) in [5, 5.41) is 12.0. The number of nitrogens with zero attached hydrogens (tertiary/aromatic N) is 1. The Morgan fingerprint density at radius 3 is 2.39 bits per heavy atom. The zero-order valence-electron chi connectivity index (χ0n) is 11.5. The van der Waals surface area contributed by atoms with Crippen LogP contribution in [0.15, 0.2) is 0 Å². The molecule has 1 unspecified atom stereocenters. The summed E-state index contributed by atoms with van der Waals surface area (Å²) in [6.45, 7) is 3.40. The lowest BCUT2D eigenvalue weighted by molar-refractivity contribution is -0.146. The quantitative estimate of drug-likeness (QED) is 0.737. The van der Waals surface area contributed by atoms with E-state index in [1.54, 1.807) is 0 Å². The van der Waals surface area contributed by atoms with Gasteiger partial charge in [-0.25, -0.2) is 0 Å². The molecule has 1 rings (SSSR count). The van der Waals surface area contributed by atoms with Gasteiger partial charge in [0.25, 0.3) is 0 Å². The van der Waals surface area contributed by atoms with Crippen LogP contribution in [0.5, 0.6) is 0 Å². The largest absolute Gasteiger partial charge is 0.481 e. The average molecular weight is 256 g/mol. The Morgan fingerprint density at radius 1 is 1.28 bits per heavy atom. The van der Waals surface area contributed by atoms with E-state index in [0.717, 1.165) is 13.0 Å². The second kappa shape index (κ2) is 6.73. The normalized spacial score (nSPS) is 27.4. The Morgan fingerprint density at radius 2 is 1.89 bits per heavy atom. The molecule has 1 aliphatic carbocycles. The molecular weight excluding hydrogens is 232 g/mol. The second-order valence-electron chi connectivity index (χ2n) is 5.39. The molecule has 1 fully saturated rings. The van der Waals surface area contributed by atoms with Gasteiger partial charge in [0.05, 0.1) is 11.8 Å². The summed E-state index contributed by atoms with van der Waals surface area (Å²) < 4.78 is 0. The molecule has 1 saturated carbocycles. The van der Waals surface area contributed by atoms with Crippen LogP contribution in [0.2, 0.25) is 0 Å². The molecule has 0 aromatic heterocycles. The topological polar surface area (TPSA) is 69.6 Å². The van der Waals surface area contributed by atoms with E-state index in [2.05, 4.69) is 12.2 Å². The number of hydrogen-bond donors (Lipinski definition) is 2. The Hall–Kier alpha value is -1.10. The highest BCUT2D eigenvalue weighted by Crippen LogP contribution is 2.38. The number of aliphatic carboxylic acids is 1. The van der Waals surface area contributed by atoms with E-state index in [9.17, 15) is 14.7 Å². The van der Waals surface area contributed by atoms with Crippen LogP contribution in [0.25, 0.3) is 0 Å². The molecular formula is C13H24N2O3. The van der Waals surface area contributed by atoms with Crippen LogP contribution in [0, 0.1) is 17.8 Å². The highest BCUT2D eigenvalue weighted by molar-refractivity contribution is 5.85. The fraction of sp³-hybridized carbons (Fsp3) is 0.846. The molecule has 0 bridgehead atoms. The third-order valence-electron chi connectivity index (χ3n) is 3.75. The second-order valence-corrected chi connectivity index (χ2v) is 5.39. The fourth-order valence-electron chi connectivity index (χ4n) is 2.57. The number of rotatable bonds is 6. The van der Waals surface area contributed by atoms with E-state index in [0.29, 0.717) is 25.3 Å². The first-order chi connectivity index (χ1) is 8.45. The predicted molar refractivity (Wildman–Crippen MR) is 69.2 cm³/mol. The minimum absolute atomic E-state index is 0.0970. The molecule has 2 N–H and O–H groups in total. The van der Waals surface area contributed by atoms with Crippen molar-refractivity contribution in [1.29, 1.82) is 0 Å². The summed E-state index contributed by atoms with van der Waals surface area (Å²) in [5.74, 6) is -1.42. The third kappa shape index (κ3) is 3.98. The first kappa shape index (κ1) is 15.0. The SMILES string of the molecule is CCC1C[C@H](C(=O)NCCN(C)C)[C@H](C(=O)O)C1. The van der Waals surface area contributed by atoms with Crippen LogP contribution in [0.4, 0.5) is 0 Å². The summed E-state index contributed by atoms with van der Waals surface area (Å²) in [4.78, 5) is 25.2. The minimum atomic E-state index is -0.835. The van der Waals surface area contributed by atoms with Crippen molar-refractivity contribution in [2.75, 3.05) is 27.2 Å². The van der Waals surface area contributed by atoms with Crippen LogP contribution in [-0.4, -0.2) is 49.1 Å². The van der Waals surface area contributed by atoms with Gasteiger partial charge in [0, 0.05) is 13.1 Å². The summed E-state index contributed by atoms with van der Waals surface area (Å²) in [7, 11) is 3.88. The van der Waals surface area contributed by atoms with Gasteiger partial charge in [0.15, 0.2) is 0 Å². The highest BCUT2D eigenvalue weighted by Gasteiger charge is 2.41. The number of carbonyl (C=O) groups excluding carboxylic acids is 1. The zero-order chi connectivity index (χ0) is 13.7. The molecule has 5 nitrogen and oxygen atoms in total. The molecule has 0 radical (unpaired) electrons. The predicted octanol–water partition coefficient (Wildman–Crippen LogP) is 0.801. The van der Waals surface area contributed by atoms with Crippen molar-refractivity contribution in [3.05, 3.63) is 0 Å². The van der Waals surface area contributed by atoms with Crippen molar-refractivity contribution in [2.45, 2.75) is 26.2 Å². The van der Waals surface area contributed by atoms with Crippen LogP contribution in [0.3, 0.4) is 0 Å². The van der Waals surface area contributed by atoms with Gasteiger partial charge in [-0.05, 0) is 32.9 Å². The molecule has 0 spiro atoms. The molecule has 0 aromatic rings. The summed E-state index contributed by atoms with van der Waals surface area (Å²) >= 11 is 0. The molecule has 3 atom stereocenters. The number of likely N-dealkylation sites (N-methyl/N-ethyl adjacent to an activating group) is 1. The molecule has 0 heterocycles. The lowest BCUT2D eigenvalue weighted by Crippen LogP contribution is -2.38. The summed E-state index contributed by atoms with van der Waals surface area (Å²) in [6, 6.07) is 0. The lowest BCUT2D eigenvalue weighted by Gasteiger charge is -2.16. The number of carbonyl (C=O) groups is 2. The standard InChI is InChI=1S/C13H24N2O3/c1-4-9-7-10(11(8-9)13(17)18)12(16)14-5-6-15(2)3/h9-11H,4-8H2,1-3H3,(H,14,16)(H,17,18)/t9?,10-,11+/m0/s1. The molecule has 1 aliphatic rings. The monoisotopic (exact) mass is 256 g/mol. The van der Waals surface area contributed by atoms with Crippen molar-refractivity contribution in [1.82, 2.24) is 10.2 Å². The van der Waals surface area contributed by atoms with Gasteiger partial charge in [0.1, 0.15) is 0 Å². The number of carboxylic acid groups (broad SMARTS) is 1. The van der Waals surface area contributed by atoms with E-state index in [1.165, 1.54) is 0 Å². The lowest BCUT2D eigenvalue weighted by atomic mass is 9.95. The van der Waals surface area contributed by atoms with Gasteiger partial charge in [-0.1, -0.05) is 13.3 Å². The Balaban J connectivity index is 2.51. The maximum absolute atomic E-state index is 12.0. The Labute approximate surface area is 109 Å². The Kier molecular flexibility index (Phi) is 5.59. The molecule has 0 saturated heterocycles. The highest BCUT2D eigenvalue weighted by atomic mass is 16.4. The smallest absolute Gasteiger partial charge is 0.307 e. The first-order valence-electron chi connectivity index (χ1n) is 6.61. The van der Waals surface area contributed by atoms with Gasteiger partial charge in [-0.3, -0.25) is 9.59 Å². The molecule has 0 aromatic carbocycles. The van der Waals surface area contributed by atoms with E-state index >= 15 is 0 Å². The maximum Gasteiger partial charge on any atom is 0.307 e. The van der Waals surface area contributed by atoms with Gasteiger partial charge in [0.2, 0.25) is 5.91 Å². The van der Waals surface area contributed by atoms with Gasteiger partial charge < -0.3 is 15.3 Å². The van der Waals surface area contributed by atoms with Crippen LogP contribution in [0.1, 0.15) is 26.2 Å². The van der Waals surface area contributed by atoms with Crippen molar-refractivity contribution < 1.29 is 14.7 Å². The number of carboxylic acids is 1. The minimum Gasteiger partial charge on any atom is -0.481 e.